The third-order valence-electron chi connectivity index (χ3n) is 2.62. The van der Waals surface area contributed by atoms with Gasteiger partial charge in [-0.1, -0.05) is 56.2 Å². The summed E-state index contributed by atoms with van der Waals surface area (Å²) in [4.78, 5) is 4.11. The van der Waals surface area contributed by atoms with Crippen molar-refractivity contribution >= 4 is 0 Å². The first-order valence-corrected chi connectivity index (χ1v) is 6.89. The van der Waals surface area contributed by atoms with Gasteiger partial charge in [0.05, 0.1) is 0 Å². The van der Waals surface area contributed by atoms with Crippen LogP contribution >= 0.6 is 0 Å². The van der Waals surface area contributed by atoms with E-state index in [1.54, 1.807) is 6.20 Å². The van der Waals surface area contributed by atoms with Crippen LogP contribution in [0.2, 0.25) is 0 Å². The van der Waals surface area contributed by atoms with Crippen molar-refractivity contribution in [3.8, 4) is 0 Å². The Hall–Kier alpha value is -2.16. The van der Waals surface area contributed by atoms with Crippen molar-refractivity contribution in [3.05, 3.63) is 74.0 Å². The molecule has 0 radical (unpaired) electrons. The summed E-state index contributed by atoms with van der Waals surface area (Å²) in [6.07, 6.45) is 1.60. The lowest BCUT2D eigenvalue weighted by Crippen LogP contribution is -2.39. The first kappa shape index (κ1) is 18.8. The second-order valence-electron chi connectivity index (χ2n) is 5.52. The van der Waals surface area contributed by atoms with Crippen LogP contribution < -0.4 is 5.32 Å². The van der Waals surface area contributed by atoms with Gasteiger partial charge >= 0.3 is 0 Å². The molecule has 0 atom stereocenters. The minimum atomic E-state index is 0.640. The third kappa shape index (κ3) is 7.25. The zero-order valence-electron chi connectivity index (χ0n) is 13.8. The van der Waals surface area contributed by atoms with Crippen LogP contribution in [0.1, 0.15) is 20.8 Å². The monoisotopic (exact) mass is 287 g/mol. The van der Waals surface area contributed by atoms with Crippen molar-refractivity contribution in [1.82, 2.24) is 15.1 Å². The Labute approximate surface area is 130 Å². The Morgan fingerprint density at radius 3 is 1.62 bits per heavy atom. The summed E-state index contributed by atoms with van der Waals surface area (Å²) < 4.78 is 0. The topological polar surface area (TPSA) is 18.5 Å². The Bertz CT molecular complexity index is 441. The number of hydrogen-bond donors (Lipinski definition) is 1. The Morgan fingerprint density at radius 2 is 1.29 bits per heavy atom. The number of nitrogens with zero attached hydrogens (tertiary/aromatic N) is 2. The summed E-state index contributed by atoms with van der Waals surface area (Å²) in [5, 5.41) is 3.02. The highest BCUT2D eigenvalue weighted by molar-refractivity contribution is 5.14. The highest BCUT2D eigenvalue weighted by Gasteiger charge is 2.17. The predicted molar refractivity (Wildman–Crippen MR) is 94.3 cm³/mol. The van der Waals surface area contributed by atoms with Crippen molar-refractivity contribution < 1.29 is 0 Å². The molecule has 0 saturated heterocycles. The van der Waals surface area contributed by atoms with E-state index in [0.29, 0.717) is 12.4 Å². The molecule has 3 heteroatoms. The average Bonchev–Trinajstić information content (AvgIpc) is 2.33. The molecule has 0 fully saturated rings. The van der Waals surface area contributed by atoms with Gasteiger partial charge in [0.2, 0.25) is 0 Å². The second kappa shape index (κ2) is 8.90. The van der Waals surface area contributed by atoms with Crippen LogP contribution in [0.3, 0.4) is 0 Å². The smallest absolute Gasteiger partial charge is 0.104 e. The molecule has 0 aliphatic heterocycles. The van der Waals surface area contributed by atoms with Crippen LogP contribution in [-0.2, 0) is 0 Å². The van der Waals surface area contributed by atoms with E-state index in [1.807, 2.05) is 25.7 Å². The van der Waals surface area contributed by atoms with E-state index < -0.39 is 0 Å². The molecule has 0 amide bonds. The molecule has 0 heterocycles. The second-order valence-corrected chi connectivity index (χ2v) is 5.52. The van der Waals surface area contributed by atoms with Crippen LogP contribution in [0.5, 0.6) is 0 Å². The molecule has 0 unspecified atom stereocenters. The largest absolute Gasteiger partial charge is 0.351 e. The first-order chi connectivity index (χ1) is 9.68. The maximum absolute atomic E-state index is 4.21. The van der Waals surface area contributed by atoms with Gasteiger partial charge in [-0.2, -0.15) is 0 Å². The summed E-state index contributed by atoms with van der Waals surface area (Å²) in [6, 6.07) is 0. The Morgan fingerprint density at radius 1 is 0.857 bits per heavy atom. The fourth-order valence-electron chi connectivity index (χ4n) is 1.87. The van der Waals surface area contributed by atoms with Crippen LogP contribution in [0.15, 0.2) is 74.0 Å². The van der Waals surface area contributed by atoms with E-state index >= 15 is 0 Å². The molecular weight excluding hydrogens is 258 g/mol. The molecule has 0 spiro atoms. The van der Waals surface area contributed by atoms with Crippen LogP contribution in [0.25, 0.3) is 0 Å². The van der Waals surface area contributed by atoms with Gasteiger partial charge in [-0.25, -0.2) is 0 Å². The van der Waals surface area contributed by atoms with Gasteiger partial charge in [-0.3, -0.25) is 0 Å². The Balaban J connectivity index is 5.29. The molecule has 0 aromatic heterocycles. The molecule has 0 aromatic rings. The minimum Gasteiger partial charge on any atom is -0.351 e. The van der Waals surface area contributed by atoms with E-state index in [4.69, 9.17) is 0 Å². The third-order valence-corrected chi connectivity index (χ3v) is 2.62. The first-order valence-electron chi connectivity index (χ1n) is 6.89. The lowest BCUT2D eigenvalue weighted by Gasteiger charge is -2.36. The highest BCUT2D eigenvalue weighted by atomic mass is 15.4. The minimum absolute atomic E-state index is 0.640. The van der Waals surface area contributed by atoms with Crippen molar-refractivity contribution in [2.24, 2.45) is 0 Å². The summed E-state index contributed by atoms with van der Waals surface area (Å²) >= 11 is 0. The van der Waals surface area contributed by atoms with E-state index in [1.165, 1.54) is 0 Å². The summed E-state index contributed by atoms with van der Waals surface area (Å²) in [5.74, 6) is 1.55. The lowest BCUT2D eigenvalue weighted by atomic mass is 10.2. The van der Waals surface area contributed by atoms with E-state index in [-0.39, 0.29) is 0 Å². The van der Waals surface area contributed by atoms with E-state index in [2.05, 4.69) is 49.7 Å². The normalized spacial score (nSPS) is 9.48. The standard InChI is InChI=1S/C18H29N3/c1-10-19-17(8)21(13-16(6)7)18(9)20(11-14(2)3)12-15(4)5/h10,19H,1-2,4,6,8-9,11-13H2,3,5,7H3. The maximum atomic E-state index is 4.21. The van der Waals surface area contributed by atoms with Gasteiger partial charge in [0.25, 0.3) is 0 Å². The fourth-order valence-corrected chi connectivity index (χ4v) is 1.87. The van der Waals surface area contributed by atoms with Crippen LogP contribution in [-0.4, -0.2) is 29.4 Å². The zero-order chi connectivity index (χ0) is 16.6. The fraction of sp³-hybridized carbons (Fsp3) is 0.333. The molecule has 0 saturated carbocycles. The van der Waals surface area contributed by atoms with Crippen molar-refractivity contribution in [1.29, 1.82) is 0 Å². The molecule has 116 valence electrons. The number of rotatable bonds is 11. The van der Waals surface area contributed by atoms with Gasteiger partial charge in [0.1, 0.15) is 11.6 Å². The van der Waals surface area contributed by atoms with Crippen molar-refractivity contribution in [3.63, 3.8) is 0 Å². The quantitative estimate of drug-likeness (QED) is 0.580. The van der Waals surface area contributed by atoms with Gasteiger partial charge in [-0.05, 0) is 27.0 Å². The molecule has 0 aliphatic rings. The van der Waals surface area contributed by atoms with Crippen molar-refractivity contribution in [2.45, 2.75) is 20.8 Å². The van der Waals surface area contributed by atoms with Crippen LogP contribution in [0.4, 0.5) is 0 Å². The molecule has 0 bridgehead atoms. The predicted octanol–water partition coefficient (Wildman–Crippen LogP) is 3.99. The molecule has 21 heavy (non-hydrogen) atoms. The average molecular weight is 287 g/mol. The molecule has 0 aliphatic carbocycles. The Kier molecular flexibility index (Phi) is 7.99. The molecule has 0 rings (SSSR count). The van der Waals surface area contributed by atoms with Crippen molar-refractivity contribution in [2.75, 3.05) is 19.6 Å². The molecule has 3 nitrogen and oxygen atoms in total. The van der Waals surface area contributed by atoms with Gasteiger partial charge in [-0.15, -0.1) is 0 Å². The SMILES string of the molecule is C=CNC(=C)N(CC(=C)C)C(=C)N(CC(=C)C)CC(=C)C. The van der Waals surface area contributed by atoms with Gasteiger partial charge in [0.15, 0.2) is 0 Å². The lowest BCUT2D eigenvalue weighted by molar-refractivity contribution is 0.273. The summed E-state index contributed by atoms with van der Waals surface area (Å²) in [5.41, 5.74) is 3.15. The zero-order valence-corrected chi connectivity index (χ0v) is 13.8. The van der Waals surface area contributed by atoms with Gasteiger partial charge < -0.3 is 15.1 Å². The molecule has 1 N–H and O–H groups in total. The van der Waals surface area contributed by atoms with E-state index in [0.717, 1.165) is 35.6 Å². The molecule has 0 aromatic carbocycles. The summed E-state index contributed by atoms with van der Waals surface area (Å²) in [6.45, 7) is 31.9. The van der Waals surface area contributed by atoms with Gasteiger partial charge in [0, 0.05) is 19.6 Å². The maximum Gasteiger partial charge on any atom is 0.104 e. The number of nitrogens with one attached hydrogen (secondary N) is 1. The van der Waals surface area contributed by atoms with E-state index in [9.17, 15) is 0 Å². The summed E-state index contributed by atoms with van der Waals surface area (Å²) in [7, 11) is 0. The highest BCUT2D eigenvalue weighted by Crippen LogP contribution is 2.17. The number of hydrogen-bond acceptors (Lipinski definition) is 3. The molecular formula is C18H29N3. The van der Waals surface area contributed by atoms with Crippen LogP contribution in [0, 0.1) is 0 Å².